The number of halogens is 2. The first-order chi connectivity index (χ1) is 21.6. The van der Waals surface area contributed by atoms with Crippen molar-refractivity contribution in [2.75, 3.05) is 44.8 Å². The molecule has 2 heterocycles. The van der Waals surface area contributed by atoms with E-state index in [1.807, 2.05) is 19.1 Å². The minimum Gasteiger partial charge on any atom is -0.465 e. The fourth-order valence-electron chi connectivity index (χ4n) is 4.84. The van der Waals surface area contributed by atoms with Crippen molar-refractivity contribution in [2.45, 2.75) is 31.5 Å². The Labute approximate surface area is 257 Å². The van der Waals surface area contributed by atoms with Gasteiger partial charge < -0.3 is 40.0 Å². The molecule has 45 heavy (non-hydrogen) atoms. The first-order valence-electron chi connectivity index (χ1n) is 14.3. The highest BCUT2D eigenvalue weighted by molar-refractivity contribution is 6.01. The minimum atomic E-state index is -3.74. The molecule has 12 nitrogen and oxygen atoms in total. The molecule has 1 fully saturated rings. The number of alkyl halides is 2. The Kier molecular flexibility index (Phi) is 9.44. The molecule has 0 saturated heterocycles. The Morgan fingerprint density at radius 3 is 2.33 bits per heavy atom. The van der Waals surface area contributed by atoms with Crippen LogP contribution in [0.5, 0.6) is 11.5 Å². The van der Waals surface area contributed by atoms with Crippen LogP contribution in [-0.2, 0) is 19.7 Å². The van der Waals surface area contributed by atoms with Gasteiger partial charge in [-0.2, -0.15) is 0 Å². The van der Waals surface area contributed by atoms with Gasteiger partial charge in [0, 0.05) is 24.2 Å². The second-order valence-corrected chi connectivity index (χ2v) is 10.5. The number of ether oxygens (including phenoxy) is 4. The van der Waals surface area contributed by atoms with Crippen LogP contribution in [0.25, 0.3) is 11.3 Å². The lowest BCUT2D eigenvalue weighted by molar-refractivity contribution is -0.286. The molecule has 3 aromatic rings. The Morgan fingerprint density at radius 1 is 0.911 bits per heavy atom. The topological polar surface area (TPSA) is 157 Å². The summed E-state index contributed by atoms with van der Waals surface area (Å²) in [5.74, 6) is -0.491. The third-order valence-electron chi connectivity index (χ3n) is 7.30. The Hall–Kier alpha value is -4.82. The molecule has 2 aromatic carbocycles. The lowest BCUT2D eigenvalue weighted by atomic mass is 9.94. The van der Waals surface area contributed by atoms with Gasteiger partial charge in [-0.15, -0.1) is 8.78 Å². The fraction of sp³-hybridized carbons (Fsp3) is 0.355. The second kappa shape index (κ2) is 13.4. The van der Waals surface area contributed by atoms with Crippen LogP contribution in [0, 0.1) is 6.92 Å². The van der Waals surface area contributed by atoms with Crippen LogP contribution in [0.2, 0.25) is 0 Å². The molecule has 14 heteroatoms. The summed E-state index contributed by atoms with van der Waals surface area (Å²) in [7, 11) is 0. The lowest BCUT2D eigenvalue weighted by Crippen LogP contribution is -2.28. The maximum Gasteiger partial charge on any atom is 0.586 e. The van der Waals surface area contributed by atoms with Crippen LogP contribution in [0.4, 0.5) is 19.4 Å². The number of carbonyl (C=O) groups is 3. The third kappa shape index (κ3) is 7.83. The number of hydrogen-bond donors (Lipinski definition) is 4. The molecule has 1 aliphatic carbocycles. The van der Waals surface area contributed by atoms with Gasteiger partial charge in [0.1, 0.15) is 5.82 Å². The van der Waals surface area contributed by atoms with Crippen LogP contribution in [0.15, 0.2) is 54.6 Å². The summed E-state index contributed by atoms with van der Waals surface area (Å²) in [5, 5.41) is 16.3. The van der Waals surface area contributed by atoms with Crippen molar-refractivity contribution in [3.05, 3.63) is 71.3 Å². The SMILES string of the molecule is Cc1ccc(NC(=O)C2(c3ccc4c(c3)OC(F)(F)O4)CC2)nc1-c1cccc(C(=O)NCCOCCOCCNC(=O)O)c1. The highest BCUT2D eigenvalue weighted by atomic mass is 19.3. The molecular weight excluding hydrogens is 594 g/mol. The quantitative estimate of drug-likeness (QED) is 0.194. The summed E-state index contributed by atoms with van der Waals surface area (Å²) in [4.78, 5) is 41.2. The molecule has 1 saturated carbocycles. The summed E-state index contributed by atoms with van der Waals surface area (Å²) in [5.41, 5.74) is 2.17. The molecule has 2 aliphatic rings. The van der Waals surface area contributed by atoms with E-state index >= 15 is 0 Å². The van der Waals surface area contributed by atoms with Crippen LogP contribution in [-0.4, -0.2) is 73.8 Å². The predicted molar refractivity (Wildman–Crippen MR) is 157 cm³/mol. The normalized spacial score (nSPS) is 15.3. The molecule has 0 spiro atoms. The van der Waals surface area contributed by atoms with Gasteiger partial charge in [0.25, 0.3) is 5.91 Å². The summed E-state index contributed by atoms with van der Waals surface area (Å²) >= 11 is 0. The number of rotatable bonds is 14. The van der Waals surface area contributed by atoms with Gasteiger partial charge in [-0.3, -0.25) is 9.59 Å². The third-order valence-corrected chi connectivity index (χ3v) is 7.30. The van der Waals surface area contributed by atoms with E-state index in [9.17, 15) is 23.2 Å². The van der Waals surface area contributed by atoms with Gasteiger partial charge >= 0.3 is 12.4 Å². The number of aryl methyl sites for hydroxylation is 1. The van der Waals surface area contributed by atoms with Gasteiger partial charge in [-0.25, -0.2) is 9.78 Å². The standard InChI is InChI=1S/C31H32F2N4O8/c1-19-5-8-25(37-28(39)30(9-10-30)22-6-7-23-24(18-22)45-31(32,33)44-23)36-26(19)20-3-2-4-21(17-20)27(38)34-11-13-42-15-16-43-14-12-35-29(40)41/h2-8,17-18,35H,9-16H2,1H3,(H,34,38)(H,40,41)(H,36,37,39). The van der Waals surface area contributed by atoms with E-state index in [0.717, 1.165) is 5.56 Å². The molecule has 1 aromatic heterocycles. The fourth-order valence-corrected chi connectivity index (χ4v) is 4.84. The number of nitrogens with zero attached hydrogens (tertiary/aromatic N) is 1. The van der Waals surface area contributed by atoms with Gasteiger partial charge in [0.05, 0.1) is 37.5 Å². The zero-order chi connectivity index (χ0) is 32.0. The van der Waals surface area contributed by atoms with E-state index in [0.29, 0.717) is 54.3 Å². The van der Waals surface area contributed by atoms with E-state index in [-0.39, 0.29) is 49.6 Å². The van der Waals surface area contributed by atoms with Crippen molar-refractivity contribution in [1.29, 1.82) is 0 Å². The zero-order valence-electron chi connectivity index (χ0n) is 24.4. The smallest absolute Gasteiger partial charge is 0.465 e. The number of carboxylic acid groups (broad SMARTS) is 1. The number of anilines is 1. The summed E-state index contributed by atoms with van der Waals surface area (Å²) in [6, 6.07) is 14.8. The molecule has 0 radical (unpaired) electrons. The van der Waals surface area contributed by atoms with E-state index < -0.39 is 17.8 Å². The average molecular weight is 627 g/mol. The van der Waals surface area contributed by atoms with Crippen molar-refractivity contribution in [3.8, 4) is 22.8 Å². The maximum absolute atomic E-state index is 13.5. The lowest BCUT2D eigenvalue weighted by Gasteiger charge is -2.17. The van der Waals surface area contributed by atoms with E-state index in [1.165, 1.54) is 12.1 Å². The Bertz CT molecular complexity index is 1580. The van der Waals surface area contributed by atoms with Gasteiger partial charge in [0.15, 0.2) is 11.5 Å². The predicted octanol–water partition coefficient (Wildman–Crippen LogP) is 4.08. The minimum absolute atomic E-state index is 0.0828. The Balaban J connectivity index is 1.15. The first-order valence-corrected chi connectivity index (χ1v) is 14.3. The van der Waals surface area contributed by atoms with Gasteiger partial charge in [0.2, 0.25) is 5.91 Å². The van der Waals surface area contributed by atoms with Crippen LogP contribution >= 0.6 is 0 Å². The number of amides is 3. The van der Waals surface area contributed by atoms with Gasteiger partial charge in [-0.1, -0.05) is 24.3 Å². The van der Waals surface area contributed by atoms with Crippen LogP contribution in [0.3, 0.4) is 0 Å². The molecule has 5 rings (SSSR count). The van der Waals surface area contributed by atoms with Gasteiger partial charge in [-0.05, 0) is 61.2 Å². The van der Waals surface area contributed by atoms with Crippen LogP contribution < -0.4 is 25.4 Å². The highest BCUT2D eigenvalue weighted by Gasteiger charge is 2.53. The maximum atomic E-state index is 13.5. The molecule has 1 aliphatic heterocycles. The number of aromatic nitrogens is 1. The highest BCUT2D eigenvalue weighted by Crippen LogP contribution is 2.52. The van der Waals surface area contributed by atoms with Crippen molar-refractivity contribution < 1.29 is 47.2 Å². The summed E-state index contributed by atoms with van der Waals surface area (Å²) < 4.78 is 46.7. The molecule has 0 unspecified atom stereocenters. The summed E-state index contributed by atoms with van der Waals surface area (Å²) in [6.07, 6.45) is -3.77. The Morgan fingerprint density at radius 2 is 1.62 bits per heavy atom. The number of pyridine rings is 1. The zero-order valence-corrected chi connectivity index (χ0v) is 24.4. The van der Waals surface area contributed by atoms with E-state index in [1.54, 1.807) is 30.3 Å². The van der Waals surface area contributed by atoms with E-state index in [2.05, 4.69) is 30.4 Å². The number of carbonyl (C=O) groups excluding carboxylic acids is 2. The number of benzene rings is 2. The van der Waals surface area contributed by atoms with Crippen molar-refractivity contribution in [2.24, 2.45) is 0 Å². The molecular formula is C31H32F2N4O8. The average Bonchev–Trinajstić information content (AvgIpc) is 3.75. The number of fused-ring (bicyclic) bond motifs is 1. The first kappa shape index (κ1) is 31.6. The van der Waals surface area contributed by atoms with Crippen molar-refractivity contribution in [3.63, 3.8) is 0 Å². The van der Waals surface area contributed by atoms with E-state index in [4.69, 9.17) is 14.6 Å². The molecule has 0 atom stereocenters. The van der Waals surface area contributed by atoms with Crippen molar-refractivity contribution in [1.82, 2.24) is 15.6 Å². The summed E-state index contributed by atoms with van der Waals surface area (Å²) in [6.45, 7) is 3.43. The monoisotopic (exact) mass is 626 g/mol. The molecule has 0 bridgehead atoms. The largest absolute Gasteiger partial charge is 0.586 e. The second-order valence-electron chi connectivity index (χ2n) is 10.5. The van der Waals surface area contributed by atoms with Crippen LogP contribution in [0.1, 0.15) is 34.3 Å². The number of nitrogens with one attached hydrogen (secondary N) is 3. The number of hydrogen-bond acceptors (Lipinski definition) is 8. The molecule has 238 valence electrons. The van der Waals surface area contributed by atoms with Crippen molar-refractivity contribution >= 4 is 23.7 Å². The molecule has 4 N–H and O–H groups in total. The molecule has 3 amide bonds.